The molecule has 1 rings (SSSR count). The summed E-state index contributed by atoms with van der Waals surface area (Å²) in [5, 5.41) is 11.6. The van der Waals surface area contributed by atoms with E-state index in [0.717, 1.165) is 6.42 Å². The van der Waals surface area contributed by atoms with Crippen LogP contribution in [0, 0.1) is 0 Å². The summed E-state index contributed by atoms with van der Waals surface area (Å²) in [6.45, 7) is 3.93. The number of hydrogen-bond acceptors (Lipinski definition) is 4. The number of carbonyl (C=O) groups excluding carboxylic acids is 1. The summed E-state index contributed by atoms with van der Waals surface area (Å²) in [7, 11) is -3.52. The highest BCUT2D eigenvalue weighted by molar-refractivity contribution is 7.89. The van der Waals surface area contributed by atoms with Gasteiger partial charge in [0, 0.05) is 6.54 Å². The Bertz CT molecular complexity index is 656. The van der Waals surface area contributed by atoms with Crippen LogP contribution in [0.4, 0.5) is 0 Å². The lowest BCUT2D eigenvalue weighted by atomic mass is 10.1. The van der Waals surface area contributed by atoms with E-state index < -0.39 is 27.9 Å². The molecule has 3 N–H and O–H groups in total. The predicted octanol–water partition coefficient (Wildman–Crippen LogP) is 1.29. The normalized spacial score (nSPS) is 12.6. The zero-order chi connectivity index (χ0) is 18.2. The third-order valence-corrected chi connectivity index (χ3v) is 4.97. The first-order valence-electron chi connectivity index (χ1n) is 7.91. The number of benzene rings is 1. The highest BCUT2D eigenvalue weighted by atomic mass is 32.2. The average molecular weight is 356 g/mol. The second kappa shape index (κ2) is 9.39. The molecule has 8 heteroatoms. The minimum atomic E-state index is -3.52. The standard InChI is InChI=1S/C16H24N2O5S/c1-3-5-6-14(16(20)21)18-15(19)11-12-7-9-13(10-8-12)24(22,23)17-4-2/h7-10,14,17H,3-6,11H2,1-2H3,(H,18,19)(H,20,21)/t14-/m0/s1. The molecule has 0 aromatic heterocycles. The van der Waals surface area contributed by atoms with Crippen molar-refractivity contribution < 1.29 is 23.1 Å². The molecule has 0 bridgehead atoms. The zero-order valence-electron chi connectivity index (χ0n) is 13.9. The van der Waals surface area contributed by atoms with Crippen LogP contribution in [0.1, 0.15) is 38.7 Å². The Morgan fingerprint density at radius 1 is 1.17 bits per heavy atom. The third-order valence-electron chi connectivity index (χ3n) is 3.41. The molecule has 0 aliphatic carbocycles. The van der Waals surface area contributed by atoms with E-state index >= 15 is 0 Å². The second-order valence-corrected chi connectivity index (χ2v) is 7.19. The van der Waals surface area contributed by atoms with Gasteiger partial charge in [-0.1, -0.05) is 38.8 Å². The molecule has 0 fully saturated rings. The molecular formula is C16H24N2O5S. The molecule has 7 nitrogen and oxygen atoms in total. The highest BCUT2D eigenvalue weighted by Crippen LogP contribution is 2.11. The van der Waals surface area contributed by atoms with Crippen LogP contribution in [-0.4, -0.2) is 38.0 Å². The van der Waals surface area contributed by atoms with Crippen LogP contribution < -0.4 is 10.0 Å². The molecule has 0 aliphatic heterocycles. The van der Waals surface area contributed by atoms with Crippen LogP contribution in [0.25, 0.3) is 0 Å². The van der Waals surface area contributed by atoms with Crippen molar-refractivity contribution in [3.8, 4) is 0 Å². The van der Waals surface area contributed by atoms with E-state index in [2.05, 4.69) is 10.0 Å². The van der Waals surface area contributed by atoms with Crippen molar-refractivity contribution in [2.75, 3.05) is 6.54 Å². The first kappa shape index (κ1) is 20.1. The van der Waals surface area contributed by atoms with E-state index in [-0.39, 0.29) is 11.3 Å². The van der Waals surface area contributed by atoms with E-state index in [9.17, 15) is 18.0 Å². The van der Waals surface area contributed by atoms with Crippen molar-refractivity contribution >= 4 is 21.9 Å². The fraction of sp³-hybridized carbons (Fsp3) is 0.500. The number of carboxylic acid groups (broad SMARTS) is 1. The first-order chi connectivity index (χ1) is 11.3. The summed E-state index contributed by atoms with van der Waals surface area (Å²) in [6, 6.07) is 5.04. The van der Waals surface area contributed by atoms with Gasteiger partial charge in [-0.15, -0.1) is 0 Å². The van der Waals surface area contributed by atoms with Crippen molar-refractivity contribution in [2.24, 2.45) is 0 Å². The average Bonchev–Trinajstić information content (AvgIpc) is 2.51. The molecule has 0 radical (unpaired) electrons. The van der Waals surface area contributed by atoms with Gasteiger partial charge in [0.15, 0.2) is 0 Å². The Kier molecular flexibility index (Phi) is 7.87. The Morgan fingerprint density at radius 3 is 2.29 bits per heavy atom. The molecule has 24 heavy (non-hydrogen) atoms. The Labute approximate surface area is 142 Å². The number of rotatable bonds is 10. The lowest BCUT2D eigenvalue weighted by Crippen LogP contribution is -2.41. The lowest BCUT2D eigenvalue weighted by Gasteiger charge is -2.14. The van der Waals surface area contributed by atoms with Crippen LogP contribution in [0.3, 0.4) is 0 Å². The summed E-state index contributed by atoms with van der Waals surface area (Å²) >= 11 is 0. The van der Waals surface area contributed by atoms with Gasteiger partial charge in [-0.3, -0.25) is 4.79 Å². The molecule has 134 valence electrons. The van der Waals surface area contributed by atoms with Crippen molar-refractivity contribution in [3.05, 3.63) is 29.8 Å². The van der Waals surface area contributed by atoms with Gasteiger partial charge in [-0.2, -0.15) is 0 Å². The largest absolute Gasteiger partial charge is 0.480 e. The Morgan fingerprint density at radius 2 is 1.79 bits per heavy atom. The monoisotopic (exact) mass is 356 g/mol. The van der Waals surface area contributed by atoms with Crippen molar-refractivity contribution in [2.45, 2.75) is 50.5 Å². The van der Waals surface area contributed by atoms with Crippen molar-refractivity contribution in [1.82, 2.24) is 10.0 Å². The molecular weight excluding hydrogens is 332 g/mol. The lowest BCUT2D eigenvalue weighted by molar-refractivity contribution is -0.142. The van der Waals surface area contributed by atoms with Crippen molar-refractivity contribution in [3.63, 3.8) is 0 Å². The maximum absolute atomic E-state index is 12.0. The van der Waals surface area contributed by atoms with Gasteiger partial charge in [0.2, 0.25) is 15.9 Å². The van der Waals surface area contributed by atoms with E-state index in [1.54, 1.807) is 19.1 Å². The maximum atomic E-state index is 12.0. The SMILES string of the molecule is CCCC[C@H](NC(=O)Cc1ccc(S(=O)(=O)NCC)cc1)C(=O)O. The van der Waals surface area contributed by atoms with E-state index in [4.69, 9.17) is 5.11 Å². The van der Waals surface area contributed by atoms with Crippen LogP contribution in [0.2, 0.25) is 0 Å². The van der Waals surface area contributed by atoms with Gasteiger partial charge in [0.05, 0.1) is 11.3 Å². The van der Waals surface area contributed by atoms with Gasteiger partial charge in [0.1, 0.15) is 6.04 Å². The highest BCUT2D eigenvalue weighted by Gasteiger charge is 2.19. The summed E-state index contributed by atoms with van der Waals surface area (Å²) in [6.07, 6.45) is 1.95. The number of amides is 1. The first-order valence-corrected chi connectivity index (χ1v) is 9.39. The van der Waals surface area contributed by atoms with Crippen LogP contribution >= 0.6 is 0 Å². The van der Waals surface area contributed by atoms with Gasteiger partial charge < -0.3 is 10.4 Å². The molecule has 0 saturated carbocycles. The number of carboxylic acids is 1. The molecule has 1 aromatic carbocycles. The number of hydrogen-bond donors (Lipinski definition) is 3. The summed E-state index contributed by atoms with van der Waals surface area (Å²) in [5.41, 5.74) is 0.613. The number of unbranched alkanes of at least 4 members (excludes halogenated alkanes) is 1. The fourth-order valence-electron chi connectivity index (χ4n) is 2.16. The molecule has 0 unspecified atom stereocenters. The second-order valence-electron chi connectivity index (χ2n) is 5.42. The molecule has 0 heterocycles. The van der Waals surface area contributed by atoms with E-state index in [1.807, 2.05) is 6.92 Å². The number of nitrogens with one attached hydrogen (secondary N) is 2. The molecule has 0 aliphatic rings. The van der Waals surface area contributed by atoms with Crippen molar-refractivity contribution in [1.29, 1.82) is 0 Å². The van der Waals surface area contributed by atoms with Gasteiger partial charge in [-0.05, 0) is 24.1 Å². The molecule has 1 amide bonds. The van der Waals surface area contributed by atoms with Gasteiger partial charge in [-0.25, -0.2) is 17.9 Å². The van der Waals surface area contributed by atoms with Crippen LogP contribution in [0.5, 0.6) is 0 Å². The topological polar surface area (TPSA) is 113 Å². The predicted molar refractivity (Wildman–Crippen MR) is 90.1 cm³/mol. The third kappa shape index (κ3) is 6.29. The molecule has 1 aromatic rings. The van der Waals surface area contributed by atoms with Gasteiger partial charge in [0.25, 0.3) is 0 Å². The quantitative estimate of drug-likeness (QED) is 0.585. The molecule has 0 saturated heterocycles. The van der Waals surface area contributed by atoms with Gasteiger partial charge >= 0.3 is 5.97 Å². The smallest absolute Gasteiger partial charge is 0.326 e. The number of carbonyl (C=O) groups is 2. The van der Waals surface area contributed by atoms with Crippen LogP contribution in [0.15, 0.2) is 29.2 Å². The summed E-state index contributed by atoms with van der Waals surface area (Å²) in [4.78, 5) is 23.2. The number of aliphatic carboxylic acids is 1. The zero-order valence-corrected chi connectivity index (χ0v) is 14.7. The number of sulfonamides is 1. The molecule has 0 spiro atoms. The Balaban J connectivity index is 2.69. The minimum absolute atomic E-state index is 0.00254. The summed E-state index contributed by atoms with van der Waals surface area (Å²) in [5.74, 6) is -1.45. The minimum Gasteiger partial charge on any atom is -0.480 e. The fourth-order valence-corrected chi connectivity index (χ4v) is 3.20. The van der Waals surface area contributed by atoms with E-state index in [0.29, 0.717) is 24.9 Å². The summed E-state index contributed by atoms with van der Waals surface area (Å²) < 4.78 is 26.0. The Hall–Kier alpha value is -1.93. The maximum Gasteiger partial charge on any atom is 0.326 e. The van der Waals surface area contributed by atoms with E-state index in [1.165, 1.54) is 12.1 Å². The van der Waals surface area contributed by atoms with Crippen LogP contribution in [-0.2, 0) is 26.0 Å². The molecule has 1 atom stereocenters.